The molecule has 0 unspecified atom stereocenters. The van der Waals surface area contributed by atoms with Crippen LogP contribution >= 0.6 is 0 Å². The molecule has 0 saturated carbocycles. The monoisotopic (exact) mass is 221 g/mol. The van der Waals surface area contributed by atoms with Gasteiger partial charge in [0.15, 0.2) is 0 Å². The van der Waals surface area contributed by atoms with Crippen molar-refractivity contribution in [3.63, 3.8) is 0 Å². The number of phenolic OH excluding ortho intramolecular Hbond substituents is 1. The van der Waals surface area contributed by atoms with E-state index in [-0.39, 0.29) is 17.6 Å². The van der Waals surface area contributed by atoms with Crippen LogP contribution in [0.2, 0.25) is 0 Å². The van der Waals surface area contributed by atoms with E-state index in [1.165, 1.54) is 0 Å². The molecule has 1 aromatic carbocycles. The van der Waals surface area contributed by atoms with Crippen LogP contribution in [0.25, 0.3) is 0 Å². The van der Waals surface area contributed by atoms with Gasteiger partial charge in [-0.25, -0.2) is 0 Å². The van der Waals surface area contributed by atoms with E-state index in [1.807, 2.05) is 20.8 Å². The first kappa shape index (κ1) is 12.6. The highest BCUT2D eigenvalue weighted by molar-refractivity contribution is 5.68. The van der Waals surface area contributed by atoms with Crippen molar-refractivity contribution in [2.45, 2.75) is 39.0 Å². The molecule has 0 atom stereocenters. The molecule has 16 heavy (non-hydrogen) atoms. The van der Waals surface area contributed by atoms with Gasteiger partial charge in [0, 0.05) is 12.4 Å². The Labute approximate surface area is 95.7 Å². The molecule has 0 aliphatic rings. The second-order valence-electron chi connectivity index (χ2n) is 4.64. The molecular formula is C13H17O3-. The molecule has 1 aromatic rings. The maximum Gasteiger partial charge on any atom is 0.119 e. The summed E-state index contributed by atoms with van der Waals surface area (Å²) in [6, 6.07) is 4.90. The van der Waals surface area contributed by atoms with Crippen molar-refractivity contribution in [2.24, 2.45) is 0 Å². The molecule has 0 saturated heterocycles. The fourth-order valence-corrected chi connectivity index (χ4v) is 1.59. The number of carboxylic acid groups (broad SMARTS) is 1. The van der Waals surface area contributed by atoms with Crippen molar-refractivity contribution in [3.8, 4) is 5.75 Å². The quantitative estimate of drug-likeness (QED) is 0.835. The van der Waals surface area contributed by atoms with Gasteiger partial charge < -0.3 is 15.0 Å². The van der Waals surface area contributed by atoms with Crippen LogP contribution in [0.4, 0.5) is 0 Å². The van der Waals surface area contributed by atoms with Gasteiger partial charge in [0.2, 0.25) is 0 Å². The van der Waals surface area contributed by atoms with Gasteiger partial charge in [-0.3, -0.25) is 0 Å². The van der Waals surface area contributed by atoms with E-state index in [2.05, 4.69) is 0 Å². The molecule has 0 aliphatic heterocycles. The average molecular weight is 221 g/mol. The van der Waals surface area contributed by atoms with Gasteiger partial charge in [-0.2, -0.15) is 0 Å². The SMILES string of the molecule is CCC(C)(C)c1cc(CC(=O)[O-])ccc1O. The number of aromatic hydroxyl groups is 1. The normalized spacial score (nSPS) is 11.4. The smallest absolute Gasteiger partial charge is 0.119 e. The van der Waals surface area contributed by atoms with Crippen LogP contribution < -0.4 is 5.11 Å². The van der Waals surface area contributed by atoms with Gasteiger partial charge in [-0.15, -0.1) is 0 Å². The van der Waals surface area contributed by atoms with Crippen LogP contribution in [0, 0.1) is 0 Å². The lowest BCUT2D eigenvalue weighted by Gasteiger charge is -2.25. The van der Waals surface area contributed by atoms with Gasteiger partial charge in [-0.05, 0) is 29.0 Å². The summed E-state index contributed by atoms with van der Waals surface area (Å²) in [4.78, 5) is 10.5. The molecule has 0 heterocycles. The predicted molar refractivity (Wildman–Crippen MR) is 60.1 cm³/mol. The Hall–Kier alpha value is -1.51. The minimum Gasteiger partial charge on any atom is -0.550 e. The fraction of sp³-hybridized carbons (Fsp3) is 0.462. The molecule has 0 aromatic heterocycles. The number of hydrogen-bond donors (Lipinski definition) is 1. The standard InChI is InChI=1S/C13H18O3/c1-4-13(2,3)10-7-9(8-12(15)16)5-6-11(10)14/h5-7,14H,4,8H2,1-3H3,(H,15,16)/p-1. The molecule has 0 amide bonds. The van der Waals surface area contributed by atoms with Crippen molar-refractivity contribution in [3.05, 3.63) is 29.3 Å². The topological polar surface area (TPSA) is 60.4 Å². The number of aliphatic carboxylic acids is 1. The molecular weight excluding hydrogens is 204 g/mol. The molecule has 1 rings (SSSR count). The molecule has 0 radical (unpaired) electrons. The van der Waals surface area contributed by atoms with E-state index in [1.54, 1.807) is 18.2 Å². The van der Waals surface area contributed by atoms with Crippen molar-refractivity contribution in [2.75, 3.05) is 0 Å². The highest BCUT2D eigenvalue weighted by Crippen LogP contribution is 2.34. The number of hydrogen-bond acceptors (Lipinski definition) is 3. The van der Waals surface area contributed by atoms with Crippen LogP contribution in [0.3, 0.4) is 0 Å². The van der Waals surface area contributed by atoms with Gasteiger partial charge in [0.25, 0.3) is 0 Å². The first-order chi connectivity index (χ1) is 7.36. The van der Waals surface area contributed by atoms with Crippen LogP contribution in [0.1, 0.15) is 38.3 Å². The summed E-state index contributed by atoms with van der Waals surface area (Å²) in [5.74, 6) is -0.889. The molecule has 0 bridgehead atoms. The molecule has 0 fully saturated rings. The summed E-state index contributed by atoms with van der Waals surface area (Å²) in [6.45, 7) is 6.07. The first-order valence-corrected chi connectivity index (χ1v) is 5.39. The van der Waals surface area contributed by atoms with E-state index in [0.717, 1.165) is 12.0 Å². The molecule has 3 nitrogen and oxygen atoms in total. The number of benzene rings is 1. The molecule has 0 spiro atoms. The van der Waals surface area contributed by atoms with Gasteiger partial charge in [0.05, 0.1) is 0 Å². The van der Waals surface area contributed by atoms with Gasteiger partial charge >= 0.3 is 0 Å². The zero-order chi connectivity index (χ0) is 12.3. The lowest BCUT2D eigenvalue weighted by molar-refractivity contribution is -0.304. The van der Waals surface area contributed by atoms with Crippen LogP contribution in [0.15, 0.2) is 18.2 Å². The van der Waals surface area contributed by atoms with E-state index in [4.69, 9.17) is 0 Å². The van der Waals surface area contributed by atoms with Crippen LogP contribution in [0.5, 0.6) is 5.75 Å². The van der Waals surface area contributed by atoms with E-state index in [9.17, 15) is 15.0 Å². The summed E-state index contributed by atoms with van der Waals surface area (Å²) in [6.07, 6.45) is 0.752. The van der Waals surface area contributed by atoms with Gasteiger partial charge in [0.1, 0.15) is 5.75 Å². The Balaban J connectivity index is 3.13. The maximum absolute atomic E-state index is 10.5. The summed E-state index contributed by atoms with van der Waals surface area (Å²) in [7, 11) is 0. The third kappa shape index (κ3) is 2.75. The molecule has 0 aliphatic carbocycles. The van der Waals surface area contributed by atoms with E-state index >= 15 is 0 Å². The maximum atomic E-state index is 10.5. The number of phenols is 1. The number of carbonyl (C=O) groups is 1. The molecule has 88 valence electrons. The Morgan fingerprint density at radius 1 is 1.44 bits per heavy atom. The van der Waals surface area contributed by atoms with Crippen molar-refractivity contribution in [1.82, 2.24) is 0 Å². The fourth-order valence-electron chi connectivity index (χ4n) is 1.59. The predicted octanol–water partition coefficient (Wildman–Crippen LogP) is 1.37. The minimum atomic E-state index is -1.11. The van der Waals surface area contributed by atoms with E-state index < -0.39 is 5.97 Å². The number of carboxylic acids is 1. The van der Waals surface area contributed by atoms with Crippen molar-refractivity contribution < 1.29 is 15.0 Å². The average Bonchev–Trinajstić information content (AvgIpc) is 2.20. The number of rotatable bonds is 4. The Morgan fingerprint density at radius 3 is 2.56 bits per heavy atom. The molecule has 3 heteroatoms. The Bertz CT molecular complexity index is 394. The second-order valence-corrected chi connectivity index (χ2v) is 4.64. The van der Waals surface area contributed by atoms with Crippen molar-refractivity contribution >= 4 is 5.97 Å². The largest absolute Gasteiger partial charge is 0.550 e. The summed E-state index contributed by atoms with van der Waals surface area (Å²) < 4.78 is 0. The first-order valence-electron chi connectivity index (χ1n) is 5.39. The summed E-state index contributed by atoms with van der Waals surface area (Å²) >= 11 is 0. The lowest BCUT2D eigenvalue weighted by atomic mass is 9.81. The molecule has 1 N–H and O–H groups in total. The minimum absolute atomic E-state index is 0.118. The summed E-state index contributed by atoms with van der Waals surface area (Å²) in [5.41, 5.74) is 1.29. The van der Waals surface area contributed by atoms with Gasteiger partial charge in [-0.1, -0.05) is 32.9 Å². The summed E-state index contributed by atoms with van der Waals surface area (Å²) in [5, 5.41) is 20.3. The second kappa shape index (κ2) is 4.56. The van der Waals surface area contributed by atoms with Crippen LogP contribution in [-0.4, -0.2) is 11.1 Å². The highest BCUT2D eigenvalue weighted by Gasteiger charge is 2.21. The van der Waals surface area contributed by atoms with Crippen molar-refractivity contribution in [1.29, 1.82) is 0 Å². The third-order valence-corrected chi connectivity index (χ3v) is 3.02. The van der Waals surface area contributed by atoms with E-state index in [0.29, 0.717) is 5.56 Å². The lowest BCUT2D eigenvalue weighted by Crippen LogP contribution is -2.24. The zero-order valence-corrected chi connectivity index (χ0v) is 9.91. The van der Waals surface area contributed by atoms with Crippen LogP contribution in [-0.2, 0) is 16.6 Å². The zero-order valence-electron chi connectivity index (χ0n) is 9.91. The Kier molecular flexibility index (Phi) is 3.58. The third-order valence-electron chi connectivity index (χ3n) is 3.02. The highest BCUT2D eigenvalue weighted by atomic mass is 16.4. The Morgan fingerprint density at radius 2 is 2.06 bits per heavy atom. The number of carbonyl (C=O) groups excluding carboxylic acids is 1.